The molecule has 1 N–H and O–H groups in total. The number of halogens is 3. The van der Waals surface area contributed by atoms with Crippen LogP contribution in [0.1, 0.15) is 6.42 Å². The number of carbonyl (C=O) groups is 3. The largest absolute Gasteiger partial charge is 0.461 e. The number of nitrogens with one attached hydrogen (secondary N) is 1. The van der Waals surface area contributed by atoms with E-state index in [0.29, 0.717) is 15.2 Å². The van der Waals surface area contributed by atoms with Gasteiger partial charge in [0, 0.05) is 16.1 Å². The van der Waals surface area contributed by atoms with Gasteiger partial charge in [-0.3, -0.25) is 14.4 Å². The molecule has 0 aromatic heterocycles. The normalized spacial score (nSPS) is 33.9. The average molecular weight is 508 g/mol. The van der Waals surface area contributed by atoms with E-state index < -0.39 is 30.3 Å². The summed E-state index contributed by atoms with van der Waals surface area (Å²) in [6, 6.07) is 4.97. The van der Waals surface area contributed by atoms with Gasteiger partial charge < -0.3 is 14.8 Å². The topological polar surface area (TPSA) is 81.7 Å². The molecule has 3 aliphatic rings. The first-order valence-corrected chi connectivity index (χ1v) is 10.2. The van der Waals surface area contributed by atoms with Crippen LogP contribution in [0, 0.1) is 23.7 Å². The third-order valence-corrected chi connectivity index (χ3v) is 7.78. The van der Waals surface area contributed by atoms with Gasteiger partial charge in [0.1, 0.15) is 6.10 Å². The summed E-state index contributed by atoms with van der Waals surface area (Å²) in [5.74, 6) is -2.25. The van der Waals surface area contributed by atoms with E-state index in [9.17, 15) is 14.4 Å². The Kier molecular flexibility index (Phi) is 4.77. The Morgan fingerprint density at radius 2 is 2.12 bits per heavy atom. The van der Waals surface area contributed by atoms with Crippen molar-refractivity contribution in [2.45, 2.75) is 17.4 Å². The number of esters is 2. The van der Waals surface area contributed by atoms with Crippen LogP contribution in [0.15, 0.2) is 22.7 Å². The van der Waals surface area contributed by atoms with Crippen molar-refractivity contribution in [2.75, 3.05) is 11.9 Å². The molecule has 0 spiro atoms. The van der Waals surface area contributed by atoms with Crippen LogP contribution in [0.25, 0.3) is 0 Å². The Balaban J connectivity index is 1.36. The highest BCUT2D eigenvalue weighted by molar-refractivity contribution is 9.10. The highest BCUT2D eigenvalue weighted by Crippen LogP contribution is 2.60. The van der Waals surface area contributed by atoms with Crippen LogP contribution in [-0.2, 0) is 23.9 Å². The van der Waals surface area contributed by atoms with Crippen molar-refractivity contribution in [3.63, 3.8) is 0 Å². The number of amides is 1. The molecule has 138 valence electrons. The SMILES string of the molecule is O=C(COC(=O)[C@@H]1[C@H]2C[C@H]3[C@H](OC(=O)[C@@H]31)[C@H]2Br)Nc1ccc(Br)c(Cl)c1. The van der Waals surface area contributed by atoms with E-state index in [0.717, 1.165) is 6.42 Å². The zero-order chi connectivity index (χ0) is 18.6. The van der Waals surface area contributed by atoms with E-state index >= 15 is 0 Å². The summed E-state index contributed by atoms with van der Waals surface area (Å²) in [4.78, 5) is 36.6. The second-order valence-corrected chi connectivity index (χ2v) is 9.06. The van der Waals surface area contributed by atoms with Crippen molar-refractivity contribution in [3.05, 3.63) is 27.7 Å². The summed E-state index contributed by atoms with van der Waals surface area (Å²) in [5.41, 5.74) is 0.502. The van der Waals surface area contributed by atoms with Gasteiger partial charge in [0.2, 0.25) is 0 Å². The molecular formula is C17H14Br2ClNO5. The fourth-order valence-corrected chi connectivity index (χ4v) is 5.77. The van der Waals surface area contributed by atoms with Crippen LogP contribution in [0.2, 0.25) is 5.02 Å². The molecule has 9 heteroatoms. The first kappa shape index (κ1) is 18.3. The number of benzene rings is 1. The molecule has 6 atom stereocenters. The molecule has 26 heavy (non-hydrogen) atoms. The van der Waals surface area contributed by atoms with Crippen molar-refractivity contribution < 1.29 is 23.9 Å². The maximum Gasteiger partial charge on any atom is 0.310 e. The van der Waals surface area contributed by atoms with E-state index in [4.69, 9.17) is 21.1 Å². The van der Waals surface area contributed by atoms with E-state index in [2.05, 4.69) is 37.2 Å². The maximum absolute atomic E-state index is 12.5. The van der Waals surface area contributed by atoms with Gasteiger partial charge in [-0.25, -0.2) is 0 Å². The predicted molar refractivity (Wildman–Crippen MR) is 99.9 cm³/mol. The van der Waals surface area contributed by atoms with Crippen molar-refractivity contribution in [1.82, 2.24) is 0 Å². The Morgan fingerprint density at radius 3 is 2.85 bits per heavy atom. The van der Waals surface area contributed by atoms with Gasteiger partial charge >= 0.3 is 11.9 Å². The van der Waals surface area contributed by atoms with E-state index in [1.807, 2.05) is 0 Å². The van der Waals surface area contributed by atoms with Crippen molar-refractivity contribution in [1.29, 1.82) is 0 Å². The Morgan fingerprint density at radius 1 is 1.35 bits per heavy atom. The maximum atomic E-state index is 12.5. The summed E-state index contributed by atoms with van der Waals surface area (Å²) in [5, 5.41) is 3.08. The smallest absolute Gasteiger partial charge is 0.310 e. The minimum absolute atomic E-state index is 0.00212. The lowest BCUT2D eigenvalue weighted by Crippen LogP contribution is -2.39. The third-order valence-electron chi connectivity index (χ3n) is 5.34. The molecule has 2 aliphatic carbocycles. The number of hydrogen-bond donors (Lipinski definition) is 1. The van der Waals surface area contributed by atoms with Crippen molar-refractivity contribution in [2.24, 2.45) is 23.7 Å². The van der Waals surface area contributed by atoms with Gasteiger partial charge in [-0.2, -0.15) is 0 Å². The van der Waals surface area contributed by atoms with E-state index in [-0.39, 0.29) is 28.7 Å². The van der Waals surface area contributed by atoms with Gasteiger partial charge in [-0.15, -0.1) is 0 Å². The summed E-state index contributed by atoms with van der Waals surface area (Å²) in [6.07, 6.45) is 0.618. The third kappa shape index (κ3) is 2.96. The van der Waals surface area contributed by atoms with Crippen LogP contribution < -0.4 is 5.32 Å². The zero-order valence-corrected chi connectivity index (χ0v) is 17.2. The molecule has 6 nitrogen and oxygen atoms in total. The number of fused-ring (bicyclic) bond motifs is 1. The molecule has 1 aliphatic heterocycles. The summed E-state index contributed by atoms with van der Waals surface area (Å²) in [7, 11) is 0. The number of anilines is 1. The minimum atomic E-state index is -0.550. The number of ether oxygens (including phenoxy) is 2. The minimum Gasteiger partial charge on any atom is -0.461 e. The fourth-order valence-electron chi connectivity index (χ4n) is 4.30. The Bertz CT molecular complexity index is 803. The number of hydrogen-bond acceptors (Lipinski definition) is 5. The molecule has 0 unspecified atom stereocenters. The Labute approximate surface area is 171 Å². The van der Waals surface area contributed by atoms with Crippen LogP contribution >= 0.6 is 43.5 Å². The molecule has 1 saturated heterocycles. The predicted octanol–water partition coefficient (Wildman–Crippen LogP) is 3.16. The first-order chi connectivity index (χ1) is 12.4. The summed E-state index contributed by atoms with van der Waals surface area (Å²) in [6.45, 7) is -0.418. The monoisotopic (exact) mass is 505 g/mol. The lowest BCUT2D eigenvalue weighted by Gasteiger charge is -2.26. The second kappa shape index (κ2) is 6.80. The zero-order valence-electron chi connectivity index (χ0n) is 13.3. The molecule has 0 radical (unpaired) electrons. The number of alkyl halides is 1. The fraction of sp³-hybridized carbons (Fsp3) is 0.471. The van der Waals surface area contributed by atoms with Gasteiger partial charge in [-0.05, 0) is 46.5 Å². The van der Waals surface area contributed by atoms with E-state index in [1.165, 1.54) is 0 Å². The molecule has 1 amide bonds. The molecule has 1 heterocycles. The van der Waals surface area contributed by atoms with Gasteiger partial charge in [0.15, 0.2) is 6.61 Å². The highest BCUT2D eigenvalue weighted by Gasteiger charge is 2.68. The molecule has 1 aromatic carbocycles. The average Bonchev–Trinajstić information content (AvgIpc) is 3.20. The van der Waals surface area contributed by atoms with Gasteiger partial charge in [0.05, 0.1) is 21.7 Å². The van der Waals surface area contributed by atoms with Crippen LogP contribution in [-0.4, -0.2) is 35.4 Å². The molecule has 4 rings (SSSR count). The van der Waals surface area contributed by atoms with E-state index in [1.54, 1.807) is 18.2 Å². The van der Waals surface area contributed by atoms with Gasteiger partial charge in [-0.1, -0.05) is 27.5 Å². The van der Waals surface area contributed by atoms with Crippen molar-refractivity contribution >= 4 is 67.0 Å². The summed E-state index contributed by atoms with van der Waals surface area (Å²) < 4.78 is 11.3. The van der Waals surface area contributed by atoms with Gasteiger partial charge in [0.25, 0.3) is 5.91 Å². The molecular weight excluding hydrogens is 493 g/mol. The molecule has 3 fully saturated rings. The lowest BCUT2D eigenvalue weighted by molar-refractivity contribution is -0.157. The van der Waals surface area contributed by atoms with Crippen LogP contribution in [0.3, 0.4) is 0 Å². The second-order valence-electron chi connectivity index (χ2n) is 6.75. The number of carbonyl (C=O) groups excluding carboxylic acids is 3. The molecule has 2 bridgehead atoms. The van der Waals surface area contributed by atoms with Crippen molar-refractivity contribution in [3.8, 4) is 0 Å². The first-order valence-electron chi connectivity index (χ1n) is 8.13. The summed E-state index contributed by atoms with van der Waals surface area (Å²) >= 11 is 12.8. The number of rotatable bonds is 4. The van der Waals surface area contributed by atoms with Crippen LogP contribution in [0.4, 0.5) is 5.69 Å². The lowest BCUT2D eigenvalue weighted by atomic mass is 9.80. The molecule has 1 aromatic rings. The standard InChI is InChI=1S/C17H14Br2ClNO5/c18-9-2-1-6(3-10(9)20)21-11(22)5-25-16(23)12-7-4-8-13(12)17(24)26-15(8)14(7)19/h1-3,7-8,12-15H,4-5H2,(H,21,22)/t7-,8-,12-,13+,14+,15+/m1/s1. The Hall–Kier alpha value is -1.12. The molecule has 2 saturated carbocycles. The highest BCUT2D eigenvalue weighted by atomic mass is 79.9. The quantitative estimate of drug-likeness (QED) is 0.500. The van der Waals surface area contributed by atoms with Crippen LogP contribution in [0.5, 0.6) is 0 Å².